The molecule has 0 aromatic heterocycles. The minimum absolute atomic E-state index is 0.203. The van der Waals surface area contributed by atoms with Crippen LogP contribution in [0.5, 0.6) is 0 Å². The molecule has 0 saturated heterocycles. The van der Waals surface area contributed by atoms with E-state index in [0.717, 1.165) is 48.9 Å². The van der Waals surface area contributed by atoms with Crippen LogP contribution in [0.15, 0.2) is 146 Å². The van der Waals surface area contributed by atoms with E-state index in [1.54, 1.807) is 72.8 Å². The highest BCUT2D eigenvalue weighted by atomic mass is 28.4. The van der Waals surface area contributed by atoms with Crippen molar-refractivity contribution in [2.24, 2.45) is 0 Å². The van der Waals surface area contributed by atoms with E-state index in [0.29, 0.717) is 0 Å². The second kappa shape index (κ2) is 12.7. The maximum atomic E-state index is 12.7. The smallest absolute Gasteiger partial charge is 0.335 e. The van der Waals surface area contributed by atoms with Crippen molar-refractivity contribution in [1.29, 1.82) is 0 Å². The van der Waals surface area contributed by atoms with Gasteiger partial charge in [0.2, 0.25) is 0 Å². The van der Waals surface area contributed by atoms with Gasteiger partial charge in [0.25, 0.3) is 8.32 Å². The summed E-state index contributed by atoms with van der Waals surface area (Å²) in [4.78, 5) is 46.6. The molecule has 4 N–H and O–H groups in total. The zero-order valence-corrected chi connectivity index (χ0v) is 25.9. The molecule has 230 valence electrons. The van der Waals surface area contributed by atoms with Crippen molar-refractivity contribution in [2.75, 3.05) is 0 Å². The number of benzene rings is 6. The quantitative estimate of drug-likeness (QED) is 0.118. The molecule has 0 atom stereocenters. The summed E-state index contributed by atoms with van der Waals surface area (Å²) in [5.41, 5.74) is 5.79. The van der Waals surface area contributed by atoms with Crippen LogP contribution >= 0.6 is 0 Å². The summed E-state index contributed by atoms with van der Waals surface area (Å²) in [5, 5.41) is 30.0. The monoisotopic (exact) mass is 636 g/mol. The lowest BCUT2D eigenvalue weighted by Crippen LogP contribution is -2.67. The topological polar surface area (TPSA) is 132 Å². The van der Waals surface area contributed by atoms with Crippen LogP contribution in [0.25, 0.3) is 33.4 Å². The minimum atomic E-state index is -3.55. The fourth-order valence-electron chi connectivity index (χ4n) is 5.63. The normalized spacial score (nSPS) is 11.2. The van der Waals surface area contributed by atoms with Crippen molar-refractivity contribution in [3.8, 4) is 33.4 Å². The highest BCUT2D eigenvalue weighted by molar-refractivity contribution is 7.06. The van der Waals surface area contributed by atoms with Crippen molar-refractivity contribution in [3.63, 3.8) is 0 Å². The van der Waals surface area contributed by atoms with Gasteiger partial charge in [-0.15, -0.1) is 0 Å². The van der Waals surface area contributed by atoms with Crippen LogP contribution in [-0.4, -0.2) is 46.3 Å². The van der Waals surface area contributed by atoms with Crippen LogP contribution in [0.3, 0.4) is 0 Å². The van der Waals surface area contributed by atoms with Gasteiger partial charge in [-0.25, -0.2) is 14.4 Å². The van der Waals surface area contributed by atoms with E-state index in [-0.39, 0.29) is 16.7 Å². The number of hydrogen-bond donors (Lipinski definition) is 4. The van der Waals surface area contributed by atoms with E-state index in [4.69, 9.17) is 0 Å². The van der Waals surface area contributed by atoms with E-state index in [2.05, 4.69) is 0 Å². The van der Waals surface area contributed by atoms with E-state index < -0.39 is 26.2 Å². The standard InChI is InChI=1S/C39H28O7Si/c40-37(41)31-7-1-25(2-8-31)28-13-19-34(20-14-28)47(46,35-21-15-29(16-22-35)26-3-9-32(10-4-26)38(42)43)36-23-17-30(18-24-36)27-5-11-33(12-6-27)39(44)45/h1-24,46H,(H,40,41)(H,42,43)(H,44,45). The summed E-state index contributed by atoms with van der Waals surface area (Å²) in [5.74, 6) is -2.97. The molecule has 7 nitrogen and oxygen atoms in total. The first-order valence-electron chi connectivity index (χ1n) is 14.7. The second-order valence-electron chi connectivity index (χ2n) is 11.1. The molecule has 8 heteroatoms. The predicted octanol–water partition coefficient (Wildman–Crippen LogP) is 5.74. The SMILES string of the molecule is O=C(O)c1ccc(-c2ccc([Si](O)(c3ccc(-c4ccc(C(=O)O)cc4)cc3)c3ccc(-c4ccc(C(=O)O)cc4)cc3)cc2)cc1. The van der Waals surface area contributed by atoms with Crippen LogP contribution in [0, 0.1) is 0 Å². The van der Waals surface area contributed by atoms with Gasteiger partial charge in [-0.2, -0.15) is 0 Å². The average Bonchev–Trinajstić information content (AvgIpc) is 3.11. The molecule has 0 spiro atoms. The van der Waals surface area contributed by atoms with E-state index in [9.17, 15) is 34.5 Å². The molecule has 0 saturated carbocycles. The minimum Gasteiger partial charge on any atom is -0.478 e. The van der Waals surface area contributed by atoms with Gasteiger partial charge in [-0.3, -0.25) is 0 Å². The van der Waals surface area contributed by atoms with Crippen molar-refractivity contribution in [3.05, 3.63) is 162 Å². The third-order valence-corrected chi connectivity index (χ3v) is 11.8. The lowest BCUT2D eigenvalue weighted by atomic mass is 10.0. The number of hydrogen-bond acceptors (Lipinski definition) is 4. The number of carboxylic acids is 3. The van der Waals surface area contributed by atoms with Crippen molar-refractivity contribution >= 4 is 41.8 Å². The zero-order chi connectivity index (χ0) is 33.1. The van der Waals surface area contributed by atoms with Gasteiger partial charge in [-0.1, -0.05) is 109 Å². The summed E-state index contributed by atoms with van der Waals surface area (Å²) >= 11 is 0. The van der Waals surface area contributed by atoms with Crippen molar-refractivity contribution < 1.29 is 34.5 Å². The van der Waals surface area contributed by atoms with Gasteiger partial charge in [0.05, 0.1) is 16.7 Å². The molecule has 0 bridgehead atoms. The maximum absolute atomic E-state index is 12.7. The van der Waals surface area contributed by atoms with Crippen LogP contribution in [0.2, 0.25) is 0 Å². The molecule has 0 fully saturated rings. The third-order valence-electron chi connectivity index (χ3n) is 8.30. The number of aromatic carboxylic acids is 3. The molecule has 0 radical (unpaired) electrons. The summed E-state index contributed by atoms with van der Waals surface area (Å²) in [6.45, 7) is 0. The fourth-order valence-corrected chi connectivity index (χ4v) is 8.57. The summed E-state index contributed by atoms with van der Waals surface area (Å²) in [7, 11) is -3.55. The largest absolute Gasteiger partial charge is 0.478 e. The summed E-state index contributed by atoms with van der Waals surface area (Å²) in [6, 6.07) is 42.8. The molecule has 0 aliphatic heterocycles. The number of rotatable bonds is 9. The predicted molar refractivity (Wildman–Crippen MR) is 183 cm³/mol. The molecule has 0 unspecified atom stereocenters. The average molecular weight is 637 g/mol. The highest BCUT2D eigenvalue weighted by Gasteiger charge is 2.38. The lowest BCUT2D eigenvalue weighted by Gasteiger charge is -2.27. The van der Waals surface area contributed by atoms with E-state index in [1.807, 2.05) is 72.8 Å². The second-order valence-corrected chi connectivity index (χ2v) is 14.2. The first kappa shape index (κ1) is 30.9. The molecule has 0 aliphatic rings. The van der Waals surface area contributed by atoms with Crippen LogP contribution in [0.1, 0.15) is 31.1 Å². The summed E-state index contributed by atoms with van der Waals surface area (Å²) in [6.07, 6.45) is 0. The Hall–Kier alpha value is -6.09. The van der Waals surface area contributed by atoms with Gasteiger partial charge in [0, 0.05) is 0 Å². The van der Waals surface area contributed by atoms with Gasteiger partial charge >= 0.3 is 17.9 Å². The Balaban J connectivity index is 1.38. The van der Waals surface area contributed by atoms with Crippen LogP contribution in [-0.2, 0) is 0 Å². The summed E-state index contributed by atoms with van der Waals surface area (Å²) < 4.78 is 0. The molecule has 0 amide bonds. The molecule has 6 rings (SSSR count). The Morgan fingerprint density at radius 1 is 0.319 bits per heavy atom. The van der Waals surface area contributed by atoms with Gasteiger partial charge in [-0.05, 0) is 85.3 Å². The van der Waals surface area contributed by atoms with E-state index in [1.165, 1.54) is 0 Å². The first-order valence-corrected chi connectivity index (χ1v) is 16.6. The number of carbonyl (C=O) groups is 3. The molecule has 0 aliphatic carbocycles. The highest BCUT2D eigenvalue weighted by Crippen LogP contribution is 2.23. The Kier molecular flexibility index (Phi) is 8.37. The van der Waals surface area contributed by atoms with Crippen LogP contribution in [0.4, 0.5) is 0 Å². The molecular weight excluding hydrogens is 609 g/mol. The zero-order valence-electron chi connectivity index (χ0n) is 24.9. The number of carboxylic acid groups (broad SMARTS) is 3. The molecule has 47 heavy (non-hydrogen) atoms. The molecular formula is C39H28O7Si. The molecule has 0 heterocycles. The van der Waals surface area contributed by atoms with Gasteiger partial charge in [0.1, 0.15) is 0 Å². The van der Waals surface area contributed by atoms with Crippen molar-refractivity contribution in [2.45, 2.75) is 0 Å². The Morgan fingerprint density at radius 2 is 0.489 bits per heavy atom. The fraction of sp³-hybridized carbons (Fsp3) is 0. The van der Waals surface area contributed by atoms with E-state index >= 15 is 0 Å². The van der Waals surface area contributed by atoms with Gasteiger partial charge in [0.15, 0.2) is 0 Å². The molecule has 6 aromatic carbocycles. The Labute approximate surface area is 271 Å². The molecule has 6 aromatic rings. The Bertz CT molecular complexity index is 1830. The van der Waals surface area contributed by atoms with Crippen LogP contribution < -0.4 is 15.6 Å². The Morgan fingerprint density at radius 3 is 0.660 bits per heavy atom. The first-order chi connectivity index (χ1) is 22.6. The third kappa shape index (κ3) is 6.23. The van der Waals surface area contributed by atoms with Gasteiger partial charge < -0.3 is 20.1 Å². The maximum Gasteiger partial charge on any atom is 0.335 e. The van der Waals surface area contributed by atoms with Crippen molar-refractivity contribution in [1.82, 2.24) is 0 Å². The lowest BCUT2D eigenvalue weighted by molar-refractivity contribution is 0.0686.